The molecule has 1 unspecified atom stereocenters. The molecule has 5 aromatic heterocycles. The first-order valence-corrected chi connectivity index (χ1v) is 12.3. The van der Waals surface area contributed by atoms with E-state index in [-0.39, 0.29) is 11.0 Å². The van der Waals surface area contributed by atoms with Crippen molar-refractivity contribution in [3.8, 4) is 33.1 Å². The molecule has 6 rings (SSSR count). The second-order valence-electron chi connectivity index (χ2n) is 8.87. The Bertz CT molecular complexity index is 1700. The highest BCUT2D eigenvalue weighted by Crippen LogP contribution is 2.34. The summed E-state index contributed by atoms with van der Waals surface area (Å²) in [7, 11) is 0. The molecule has 0 saturated carbocycles. The third-order valence-corrected chi connectivity index (χ3v) is 6.94. The van der Waals surface area contributed by atoms with Gasteiger partial charge in [-0.2, -0.15) is 9.49 Å². The summed E-state index contributed by atoms with van der Waals surface area (Å²) in [5, 5.41) is 21.5. The third kappa shape index (κ3) is 4.00. The lowest BCUT2D eigenvalue weighted by atomic mass is 10.0. The normalized spacial score (nSPS) is 12.6. The number of nitrogens with zero attached hydrogens (tertiary/aromatic N) is 4. The number of H-pyrrole nitrogens is 2. The molecule has 0 aliphatic heterocycles. The van der Waals surface area contributed by atoms with E-state index in [0.717, 1.165) is 55.0 Å². The highest BCUT2D eigenvalue weighted by molar-refractivity contribution is 7.14. The van der Waals surface area contributed by atoms with Gasteiger partial charge in [0.1, 0.15) is 11.9 Å². The SMILES string of the molecule is CC(C)C(O)Nc1cncc(-c2ccc3[nH]nc(-c4nc5nccc(-c6ccc(F)s6)c5[nH]4)c3c2)c1. The van der Waals surface area contributed by atoms with Gasteiger partial charge in [0.05, 0.1) is 22.9 Å². The lowest BCUT2D eigenvalue weighted by Gasteiger charge is -2.17. The number of benzene rings is 1. The number of hydrogen-bond donors (Lipinski definition) is 4. The second kappa shape index (κ2) is 8.81. The highest BCUT2D eigenvalue weighted by atomic mass is 32.1. The predicted molar refractivity (Wildman–Crippen MR) is 140 cm³/mol. The molecule has 0 aliphatic rings. The van der Waals surface area contributed by atoms with Crippen LogP contribution < -0.4 is 5.32 Å². The lowest BCUT2D eigenvalue weighted by molar-refractivity contribution is 0.153. The zero-order chi connectivity index (χ0) is 24.8. The van der Waals surface area contributed by atoms with Gasteiger partial charge in [-0.25, -0.2) is 9.97 Å². The van der Waals surface area contributed by atoms with E-state index in [0.29, 0.717) is 17.2 Å². The van der Waals surface area contributed by atoms with Gasteiger partial charge in [0.25, 0.3) is 0 Å². The van der Waals surface area contributed by atoms with Crippen LogP contribution in [0.2, 0.25) is 0 Å². The second-order valence-corrected chi connectivity index (χ2v) is 9.91. The molecule has 0 fully saturated rings. The summed E-state index contributed by atoms with van der Waals surface area (Å²) >= 11 is 1.08. The Morgan fingerprint density at radius 2 is 1.94 bits per heavy atom. The van der Waals surface area contributed by atoms with Crippen LogP contribution in [0.15, 0.2) is 61.1 Å². The number of anilines is 1. The van der Waals surface area contributed by atoms with Crippen LogP contribution in [-0.4, -0.2) is 41.5 Å². The minimum Gasteiger partial charge on any atom is -0.374 e. The third-order valence-electron chi connectivity index (χ3n) is 6.04. The Labute approximate surface area is 209 Å². The summed E-state index contributed by atoms with van der Waals surface area (Å²) < 4.78 is 13.7. The number of hydrogen-bond acceptors (Lipinski definition) is 7. The van der Waals surface area contributed by atoms with Crippen LogP contribution in [0.4, 0.5) is 10.1 Å². The Balaban J connectivity index is 1.41. The quantitative estimate of drug-likeness (QED) is 0.215. The standard InChI is InChI=1S/C26H22FN7OS/c1-13(2)26(35)30-16-9-15(11-28-12-16)14-3-4-19-18(10-14)23(34-33-19)25-31-22-17(7-8-29-24(22)32-25)20-5-6-21(27)36-20/h3-13,26,30,35H,1-2H3,(H,33,34)(H,29,31,32). The van der Waals surface area contributed by atoms with Gasteiger partial charge in [-0.05, 0) is 47.9 Å². The minimum absolute atomic E-state index is 0.0659. The van der Waals surface area contributed by atoms with Gasteiger partial charge in [0.15, 0.2) is 16.6 Å². The minimum atomic E-state index is -0.665. The maximum absolute atomic E-state index is 13.7. The van der Waals surface area contributed by atoms with Crippen molar-refractivity contribution in [1.82, 2.24) is 30.1 Å². The lowest BCUT2D eigenvalue weighted by Crippen LogP contribution is -2.24. The summed E-state index contributed by atoms with van der Waals surface area (Å²) in [4.78, 5) is 17.6. The highest BCUT2D eigenvalue weighted by Gasteiger charge is 2.17. The summed E-state index contributed by atoms with van der Waals surface area (Å²) in [6, 6.07) is 13.0. The van der Waals surface area contributed by atoms with Crippen molar-refractivity contribution in [2.75, 3.05) is 5.32 Å². The van der Waals surface area contributed by atoms with Crippen molar-refractivity contribution in [2.45, 2.75) is 20.1 Å². The number of fused-ring (bicyclic) bond motifs is 2. The molecule has 8 nitrogen and oxygen atoms in total. The zero-order valence-corrected chi connectivity index (χ0v) is 20.3. The fraction of sp³-hybridized carbons (Fsp3) is 0.154. The first-order valence-electron chi connectivity index (χ1n) is 11.5. The Hall–Kier alpha value is -4.15. The van der Waals surface area contributed by atoms with Crippen molar-refractivity contribution in [3.63, 3.8) is 0 Å². The van der Waals surface area contributed by atoms with Crippen molar-refractivity contribution in [3.05, 3.63) is 66.2 Å². The summed E-state index contributed by atoms with van der Waals surface area (Å²) in [6.45, 7) is 3.89. The molecule has 36 heavy (non-hydrogen) atoms. The fourth-order valence-electron chi connectivity index (χ4n) is 4.08. The number of rotatable bonds is 6. The van der Waals surface area contributed by atoms with E-state index < -0.39 is 6.23 Å². The molecular weight excluding hydrogens is 477 g/mol. The van der Waals surface area contributed by atoms with E-state index >= 15 is 0 Å². The monoisotopic (exact) mass is 499 g/mol. The number of aliphatic hydroxyl groups is 1. The molecule has 5 heterocycles. The van der Waals surface area contributed by atoms with Gasteiger partial charge < -0.3 is 15.4 Å². The Kier molecular flexibility index (Phi) is 5.46. The van der Waals surface area contributed by atoms with Gasteiger partial charge in [0, 0.05) is 33.8 Å². The number of aliphatic hydroxyl groups excluding tert-OH is 1. The number of pyridine rings is 2. The fourth-order valence-corrected chi connectivity index (χ4v) is 4.84. The van der Waals surface area contributed by atoms with Crippen molar-refractivity contribution in [1.29, 1.82) is 0 Å². The molecule has 180 valence electrons. The predicted octanol–water partition coefficient (Wildman–Crippen LogP) is 5.82. The van der Waals surface area contributed by atoms with Gasteiger partial charge >= 0.3 is 0 Å². The Morgan fingerprint density at radius 3 is 2.75 bits per heavy atom. The van der Waals surface area contributed by atoms with Crippen molar-refractivity contribution >= 4 is 39.1 Å². The molecule has 0 amide bonds. The maximum Gasteiger partial charge on any atom is 0.178 e. The van der Waals surface area contributed by atoms with Crippen LogP contribution in [0.3, 0.4) is 0 Å². The molecule has 6 aromatic rings. The largest absolute Gasteiger partial charge is 0.374 e. The molecule has 0 radical (unpaired) electrons. The average Bonchev–Trinajstić information content (AvgIpc) is 3.61. The van der Waals surface area contributed by atoms with Crippen LogP contribution >= 0.6 is 11.3 Å². The molecule has 1 aromatic carbocycles. The molecule has 4 N–H and O–H groups in total. The molecule has 1 atom stereocenters. The van der Waals surface area contributed by atoms with E-state index in [1.54, 1.807) is 24.7 Å². The van der Waals surface area contributed by atoms with Gasteiger partial charge in [0.2, 0.25) is 0 Å². The number of aromatic nitrogens is 6. The van der Waals surface area contributed by atoms with Crippen LogP contribution in [0, 0.1) is 11.0 Å². The molecule has 10 heteroatoms. The van der Waals surface area contributed by atoms with E-state index in [1.807, 2.05) is 44.2 Å². The summed E-state index contributed by atoms with van der Waals surface area (Å²) in [5.41, 5.74) is 6.21. The van der Waals surface area contributed by atoms with Crippen molar-refractivity contribution in [2.24, 2.45) is 5.92 Å². The number of halogens is 1. The topological polar surface area (TPSA) is 115 Å². The van der Waals surface area contributed by atoms with Gasteiger partial charge in [-0.15, -0.1) is 11.3 Å². The van der Waals surface area contributed by atoms with Gasteiger partial charge in [-0.1, -0.05) is 19.9 Å². The number of imidazole rings is 1. The molecule has 0 saturated heterocycles. The average molecular weight is 500 g/mol. The van der Waals surface area contributed by atoms with E-state index in [9.17, 15) is 9.50 Å². The zero-order valence-electron chi connectivity index (χ0n) is 19.5. The van der Waals surface area contributed by atoms with Crippen LogP contribution in [0.1, 0.15) is 13.8 Å². The molecule has 0 bridgehead atoms. The number of thiophene rings is 1. The number of nitrogens with one attached hydrogen (secondary N) is 3. The van der Waals surface area contributed by atoms with E-state index in [2.05, 4.69) is 35.5 Å². The van der Waals surface area contributed by atoms with Crippen LogP contribution in [0.25, 0.3) is 55.2 Å². The van der Waals surface area contributed by atoms with Gasteiger partial charge in [-0.3, -0.25) is 10.1 Å². The number of aromatic amines is 2. The first kappa shape index (κ1) is 22.3. The first-order chi connectivity index (χ1) is 17.5. The van der Waals surface area contributed by atoms with E-state index in [4.69, 9.17) is 0 Å². The van der Waals surface area contributed by atoms with Crippen LogP contribution in [0.5, 0.6) is 0 Å². The maximum atomic E-state index is 13.7. The van der Waals surface area contributed by atoms with Crippen molar-refractivity contribution < 1.29 is 9.50 Å². The smallest absolute Gasteiger partial charge is 0.178 e. The van der Waals surface area contributed by atoms with E-state index in [1.165, 1.54) is 6.07 Å². The van der Waals surface area contributed by atoms with Crippen LogP contribution in [-0.2, 0) is 0 Å². The Morgan fingerprint density at radius 1 is 1.06 bits per heavy atom. The summed E-state index contributed by atoms with van der Waals surface area (Å²) in [5.74, 6) is 0.634. The summed E-state index contributed by atoms with van der Waals surface area (Å²) in [6.07, 6.45) is 4.48. The molecular formula is C26H22FN7OS. The molecule has 0 aliphatic carbocycles. The molecule has 0 spiro atoms.